The third-order valence-corrected chi connectivity index (χ3v) is 6.98. The van der Waals surface area contributed by atoms with Crippen LogP contribution in [0.4, 0.5) is 0 Å². The Labute approximate surface area is 108 Å². The van der Waals surface area contributed by atoms with Crippen molar-refractivity contribution in [2.45, 2.75) is 50.4 Å². The summed E-state index contributed by atoms with van der Waals surface area (Å²) >= 11 is 4.02. The molecule has 1 saturated heterocycles. The molecule has 4 unspecified atom stereocenters. The highest BCUT2D eigenvalue weighted by Crippen LogP contribution is 2.37. The van der Waals surface area contributed by atoms with Gasteiger partial charge in [0.15, 0.2) is 0 Å². The van der Waals surface area contributed by atoms with E-state index < -0.39 is 0 Å². The summed E-state index contributed by atoms with van der Waals surface area (Å²) in [5, 5.41) is 11.0. The molecule has 0 amide bonds. The zero-order valence-electron chi connectivity index (χ0n) is 10.2. The molecule has 0 aromatic rings. The summed E-state index contributed by atoms with van der Waals surface area (Å²) in [5.41, 5.74) is 0. The molecule has 1 nitrogen and oxygen atoms in total. The predicted molar refractivity (Wildman–Crippen MR) is 75.3 cm³/mol. The van der Waals surface area contributed by atoms with Gasteiger partial charge in [0.2, 0.25) is 0 Å². The van der Waals surface area contributed by atoms with Gasteiger partial charge in [-0.15, -0.1) is 0 Å². The molecule has 1 N–H and O–H groups in total. The second-order valence-corrected chi connectivity index (χ2v) is 7.67. The first-order valence-corrected chi connectivity index (χ1v) is 8.89. The summed E-state index contributed by atoms with van der Waals surface area (Å²) in [7, 11) is 0. The standard InChI is InChI=1S/C13H24OS2/c1-2-10-4-3-5-11(8-10)13(14)12-9-15-6-7-16-12/h10-14H,2-9H2,1H3. The molecule has 94 valence electrons. The third-order valence-electron chi connectivity index (χ3n) is 4.11. The Balaban J connectivity index is 1.84. The summed E-state index contributed by atoms with van der Waals surface area (Å²) in [5.74, 6) is 5.15. The van der Waals surface area contributed by atoms with Crippen LogP contribution in [-0.4, -0.2) is 33.7 Å². The summed E-state index contributed by atoms with van der Waals surface area (Å²) in [6, 6.07) is 0. The molecule has 1 aliphatic heterocycles. The van der Waals surface area contributed by atoms with Crippen LogP contribution in [0.3, 0.4) is 0 Å². The van der Waals surface area contributed by atoms with E-state index in [-0.39, 0.29) is 6.10 Å². The van der Waals surface area contributed by atoms with Gasteiger partial charge in [-0.1, -0.05) is 26.2 Å². The van der Waals surface area contributed by atoms with E-state index in [9.17, 15) is 5.11 Å². The second-order valence-electron chi connectivity index (χ2n) is 5.18. The SMILES string of the molecule is CCC1CCCC(C(O)C2CSCCS2)C1. The highest BCUT2D eigenvalue weighted by Gasteiger charge is 2.32. The Morgan fingerprint density at radius 3 is 2.88 bits per heavy atom. The van der Waals surface area contributed by atoms with Gasteiger partial charge in [-0.2, -0.15) is 23.5 Å². The number of aliphatic hydroxyl groups excluding tert-OH is 1. The fourth-order valence-electron chi connectivity index (χ4n) is 3.02. The van der Waals surface area contributed by atoms with Crippen LogP contribution in [0.25, 0.3) is 0 Å². The van der Waals surface area contributed by atoms with Gasteiger partial charge in [-0.25, -0.2) is 0 Å². The molecule has 16 heavy (non-hydrogen) atoms. The van der Waals surface area contributed by atoms with Gasteiger partial charge in [0.05, 0.1) is 6.10 Å². The monoisotopic (exact) mass is 260 g/mol. The fraction of sp³-hybridized carbons (Fsp3) is 1.00. The van der Waals surface area contributed by atoms with Crippen LogP contribution in [-0.2, 0) is 0 Å². The van der Waals surface area contributed by atoms with Gasteiger partial charge >= 0.3 is 0 Å². The van der Waals surface area contributed by atoms with Crippen LogP contribution in [0.5, 0.6) is 0 Å². The molecular weight excluding hydrogens is 236 g/mol. The summed E-state index contributed by atoms with van der Waals surface area (Å²) in [6.45, 7) is 2.30. The Kier molecular flexibility index (Phi) is 5.37. The summed E-state index contributed by atoms with van der Waals surface area (Å²) in [4.78, 5) is 0. The van der Waals surface area contributed by atoms with E-state index in [1.165, 1.54) is 49.4 Å². The number of thioether (sulfide) groups is 2. The van der Waals surface area contributed by atoms with Crippen molar-refractivity contribution in [2.24, 2.45) is 11.8 Å². The van der Waals surface area contributed by atoms with Crippen molar-refractivity contribution in [1.82, 2.24) is 0 Å². The molecule has 0 bridgehead atoms. The highest BCUT2D eigenvalue weighted by molar-refractivity contribution is 8.06. The highest BCUT2D eigenvalue weighted by atomic mass is 32.2. The Hall–Kier alpha value is 0.660. The first-order valence-electron chi connectivity index (χ1n) is 6.68. The van der Waals surface area contributed by atoms with Gasteiger partial charge in [0.1, 0.15) is 0 Å². The number of hydrogen-bond donors (Lipinski definition) is 1. The van der Waals surface area contributed by atoms with Crippen molar-refractivity contribution >= 4 is 23.5 Å². The largest absolute Gasteiger partial charge is 0.392 e. The maximum atomic E-state index is 10.5. The number of rotatable bonds is 3. The quantitative estimate of drug-likeness (QED) is 0.840. The Morgan fingerprint density at radius 1 is 1.31 bits per heavy atom. The van der Waals surface area contributed by atoms with Crippen molar-refractivity contribution in [2.75, 3.05) is 17.3 Å². The van der Waals surface area contributed by atoms with Crippen molar-refractivity contribution in [1.29, 1.82) is 0 Å². The normalized spacial score (nSPS) is 38.2. The lowest BCUT2D eigenvalue weighted by atomic mass is 9.77. The first kappa shape index (κ1) is 13.1. The van der Waals surface area contributed by atoms with E-state index >= 15 is 0 Å². The first-order chi connectivity index (χ1) is 7.81. The van der Waals surface area contributed by atoms with Crippen LogP contribution in [0.15, 0.2) is 0 Å². The van der Waals surface area contributed by atoms with Crippen LogP contribution in [0.2, 0.25) is 0 Å². The topological polar surface area (TPSA) is 20.2 Å². The zero-order valence-corrected chi connectivity index (χ0v) is 11.9. The lowest BCUT2D eigenvalue weighted by Gasteiger charge is -2.36. The zero-order chi connectivity index (χ0) is 11.4. The molecule has 2 aliphatic rings. The van der Waals surface area contributed by atoms with Crippen LogP contribution in [0, 0.1) is 11.8 Å². The van der Waals surface area contributed by atoms with Crippen molar-refractivity contribution in [3.8, 4) is 0 Å². The molecule has 2 rings (SSSR count). The maximum Gasteiger partial charge on any atom is 0.0694 e. The van der Waals surface area contributed by atoms with Crippen molar-refractivity contribution in [3.05, 3.63) is 0 Å². The maximum absolute atomic E-state index is 10.5. The van der Waals surface area contributed by atoms with Gasteiger partial charge < -0.3 is 5.11 Å². The fourth-order valence-corrected chi connectivity index (χ4v) is 5.87. The average Bonchev–Trinajstić information content (AvgIpc) is 2.39. The molecule has 0 aromatic heterocycles. The van der Waals surface area contributed by atoms with Crippen molar-refractivity contribution < 1.29 is 5.11 Å². The second kappa shape index (κ2) is 6.55. The molecule has 0 aromatic carbocycles. The molecule has 0 radical (unpaired) electrons. The lowest BCUT2D eigenvalue weighted by molar-refractivity contribution is 0.0703. The molecule has 1 heterocycles. The van der Waals surface area contributed by atoms with Gasteiger partial charge in [-0.05, 0) is 24.7 Å². The number of aliphatic hydroxyl groups is 1. The molecular formula is C13H24OS2. The van der Waals surface area contributed by atoms with Gasteiger partial charge in [-0.3, -0.25) is 0 Å². The van der Waals surface area contributed by atoms with Gasteiger partial charge in [0, 0.05) is 22.5 Å². The smallest absolute Gasteiger partial charge is 0.0694 e. The lowest BCUT2D eigenvalue weighted by Crippen LogP contribution is -2.37. The Morgan fingerprint density at radius 2 is 2.19 bits per heavy atom. The minimum Gasteiger partial charge on any atom is -0.392 e. The third kappa shape index (κ3) is 3.33. The van der Waals surface area contributed by atoms with E-state index in [2.05, 4.69) is 6.92 Å². The van der Waals surface area contributed by atoms with Crippen molar-refractivity contribution in [3.63, 3.8) is 0 Å². The molecule has 4 atom stereocenters. The minimum absolute atomic E-state index is 0.0350. The molecule has 1 aliphatic carbocycles. The van der Waals surface area contributed by atoms with E-state index in [0.717, 1.165) is 5.92 Å². The molecule has 1 saturated carbocycles. The predicted octanol–water partition coefficient (Wildman–Crippen LogP) is 3.41. The Bertz CT molecular complexity index is 204. The number of hydrogen-bond acceptors (Lipinski definition) is 3. The van der Waals surface area contributed by atoms with E-state index in [1.807, 2.05) is 23.5 Å². The minimum atomic E-state index is -0.0350. The molecule has 3 heteroatoms. The van der Waals surface area contributed by atoms with Gasteiger partial charge in [0.25, 0.3) is 0 Å². The summed E-state index contributed by atoms with van der Waals surface area (Å²) < 4.78 is 0. The van der Waals surface area contributed by atoms with Crippen LogP contribution < -0.4 is 0 Å². The van der Waals surface area contributed by atoms with E-state index in [1.54, 1.807) is 0 Å². The van der Waals surface area contributed by atoms with E-state index in [4.69, 9.17) is 0 Å². The summed E-state index contributed by atoms with van der Waals surface area (Å²) in [6.07, 6.45) is 6.54. The molecule has 2 fully saturated rings. The average molecular weight is 260 g/mol. The van der Waals surface area contributed by atoms with E-state index in [0.29, 0.717) is 11.2 Å². The van der Waals surface area contributed by atoms with Crippen LogP contribution in [0.1, 0.15) is 39.0 Å². The molecule has 0 spiro atoms. The van der Waals surface area contributed by atoms with Crippen LogP contribution >= 0.6 is 23.5 Å².